The topological polar surface area (TPSA) is 49.8 Å². The molecule has 2 aromatic rings. The van der Waals surface area contributed by atoms with Gasteiger partial charge >= 0.3 is 6.09 Å². The fourth-order valence-corrected chi connectivity index (χ4v) is 2.35. The second-order valence-electron chi connectivity index (χ2n) is 4.93. The van der Waals surface area contributed by atoms with E-state index in [1.54, 1.807) is 18.2 Å². The zero-order valence-electron chi connectivity index (χ0n) is 12.4. The van der Waals surface area contributed by atoms with Crippen LogP contribution in [0.25, 0.3) is 0 Å². The largest absolute Gasteiger partial charge is 0.445 e. The molecule has 0 aliphatic heterocycles. The van der Waals surface area contributed by atoms with E-state index >= 15 is 0 Å². The zero-order valence-corrected chi connectivity index (χ0v) is 13.9. The first-order valence-corrected chi connectivity index (χ1v) is 7.86. The standard InChI is InChI=1S/C17H17Cl2NO3/c18-15-7-6-14(10-16(15)19)11-20(8-9-21)17(22)23-12-13-4-2-1-3-5-13/h1-7,10,21H,8-9,11-12H2. The van der Waals surface area contributed by atoms with E-state index < -0.39 is 6.09 Å². The van der Waals surface area contributed by atoms with Gasteiger partial charge in [-0.25, -0.2) is 4.79 Å². The summed E-state index contributed by atoms with van der Waals surface area (Å²) in [6, 6.07) is 14.6. The van der Waals surface area contributed by atoms with E-state index in [-0.39, 0.29) is 26.3 Å². The molecule has 2 aromatic carbocycles. The summed E-state index contributed by atoms with van der Waals surface area (Å²) in [5.41, 5.74) is 1.71. The first kappa shape index (κ1) is 17.6. The molecule has 122 valence electrons. The monoisotopic (exact) mass is 353 g/mol. The quantitative estimate of drug-likeness (QED) is 0.849. The van der Waals surface area contributed by atoms with E-state index in [1.165, 1.54) is 4.90 Å². The van der Waals surface area contributed by atoms with Crippen LogP contribution in [0.2, 0.25) is 10.0 Å². The van der Waals surface area contributed by atoms with Crippen LogP contribution in [-0.2, 0) is 17.9 Å². The number of aliphatic hydroxyl groups excluding tert-OH is 1. The first-order valence-electron chi connectivity index (χ1n) is 7.10. The van der Waals surface area contributed by atoms with Crippen LogP contribution in [0.15, 0.2) is 48.5 Å². The molecule has 0 spiro atoms. The van der Waals surface area contributed by atoms with Crippen molar-refractivity contribution in [2.45, 2.75) is 13.2 Å². The van der Waals surface area contributed by atoms with Gasteiger partial charge in [0.1, 0.15) is 6.61 Å². The number of rotatable bonds is 6. The van der Waals surface area contributed by atoms with Crippen LogP contribution in [0.4, 0.5) is 4.79 Å². The molecule has 0 aliphatic carbocycles. The predicted molar refractivity (Wildman–Crippen MR) is 90.6 cm³/mol. The molecule has 0 heterocycles. The summed E-state index contributed by atoms with van der Waals surface area (Å²) in [6.45, 7) is 0.490. The number of carbonyl (C=O) groups is 1. The van der Waals surface area contributed by atoms with E-state index in [2.05, 4.69) is 0 Å². The fourth-order valence-electron chi connectivity index (χ4n) is 2.02. The average Bonchev–Trinajstić information content (AvgIpc) is 2.56. The van der Waals surface area contributed by atoms with Gasteiger partial charge in [-0.2, -0.15) is 0 Å². The third-order valence-corrected chi connectivity index (χ3v) is 3.93. The van der Waals surface area contributed by atoms with Gasteiger partial charge in [0.15, 0.2) is 0 Å². The van der Waals surface area contributed by atoms with E-state index in [0.29, 0.717) is 10.0 Å². The van der Waals surface area contributed by atoms with Crippen molar-refractivity contribution in [2.24, 2.45) is 0 Å². The minimum atomic E-state index is -0.492. The highest BCUT2D eigenvalue weighted by Gasteiger charge is 2.15. The molecule has 4 nitrogen and oxygen atoms in total. The Hall–Kier alpha value is -1.75. The maximum absolute atomic E-state index is 12.2. The highest BCUT2D eigenvalue weighted by atomic mass is 35.5. The number of ether oxygens (including phenoxy) is 1. The Morgan fingerprint density at radius 2 is 1.78 bits per heavy atom. The van der Waals surface area contributed by atoms with Crippen LogP contribution in [-0.4, -0.2) is 29.3 Å². The van der Waals surface area contributed by atoms with Gasteiger partial charge in [0.25, 0.3) is 0 Å². The number of nitrogens with zero attached hydrogens (tertiary/aromatic N) is 1. The summed E-state index contributed by atoms with van der Waals surface area (Å²) in [7, 11) is 0. The van der Waals surface area contributed by atoms with Gasteiger partial charge in [-0.15, -0.1) is 0 Å². The lowest BCUT2D eigenvalue weighted by Crippen LogP contribution is -2.33. The molecule has 0 aliphatic rings. The van der Waals surface area contributed by atoms with Crippen LogP contribution >= 0.6 is 23.2 Å². The minimum Gasteiger partial charge on any atom is -0.445 e. The number of hydrogen-bond donors (Lipinski definition) is 1. The Morgan fingerprint density at radius 1 is 1.04 bits per heavy atom. The van der Waals surface area contributed by atoms with Crippen LogP contribution in [0.3, 0.4) is 0 Å². The molecule has 2 rings (SSSR count). The number of carbonyl (C=O) groups excluding carboxylic acids is 1. The number of benzene rings is 2. The summed E-state index contributed by atoms with van der Waals surface area (Å²) in [4.78, 5) is 13.6. The van der Waals surface area contributed by atoms with Crippen molar-refractivity contribution >= 4 is 29.3 Å². The molecule has 0 atom stereocenters. The van der Waals surface area contributed by atoms with Gasteiger partial charge in [-0.05, 0) is 23.3 Å². The summed E-state index contributed by atoms with van der Waals surface area (Å²) >= 11 is 11.9. The number of amides is 1. The fraction of sp³-hybridized carbons (Fsp3) is 0.235. The summed E-state index contributed by atoms with van der Waals surface area (Å²) in [5.74, 6) is 0. The molecule has 0 unspecified atom stereocenters. The summed E-state index contributed by atoms with van der Waals surface area (Å²) < 4.78 is 5.29. The molecular weight excluding hydrogens is 337 g/mol. The Labute approximate surface area is 145 Å². The van der Waals surface area contributed by atoms with Gasteiger partial charge in [0.05, 0.1) is 16.7 Å². The Kier molecular flexibility index (Phi) is 6.71. The van der Waals surface area contributed by atoms with Crippen LogP contribution in [0.5, 0.6) is 0 Å². The van der Waals surface area contributed by atoms with Crippen molar-refractivity contribution in [1.82, 2.24) is 4.90 Å². The van der Waals surface area contributed by atoms with Gasteiger partial charge in [0, 0.05) is 13.1 Å². The molecule has 6 heteroatoms. The van der Waals surface area contributed by atoms with Crippen molar-refractivity contribution in [3.8, 4) is 0 Å². The molecule has 0 saturated carbocycles. The van der Waals surface area contributed by atoms with Crippen molar-refractivity contribution in [1.29, 1.82) is 0 Å². The molecule has 1 N–H and O–H groups in total. The number of halogens is 2. The Bertz CT molecular complexity index is 650. The van der Waals surface area contributed by atoms with E-state index in [4.69, 9.17) is 33.0 Å². The second kappa shape index (κ2) is 8.77. The molecule has 0 radical (unpaired) electrons. The Morgan fingerprint density at radius 3 is 2.43 bits per heavy atom. The lowest BCUT2D eigenvalue weighted by atomic mass is 10.2. The molecule has 1 amide bonds. The molecule has 0 aromatic heterocycles. The smallest absolute Gasteiger partial charge is 0.410 e. The summed E-state index contributed by atoms with van der Waals surface area (Å²) in [6.07, 6.45) is -0.492. The van der Waals surface area contributed by atoms with Crippen LogP contribution < -0.4 is 0 Å². The molecule has 0 bridgehead atoms. The Balaban J connectivity index is 1.99. The van der Waals surface area contributed by atoms with E-state index in [9.17, 15) is 4.79 Å². The van der Waals surface area contributed by atoms with Gasteiger partial charge < -0.3 is 14.7 Å². The van der Waals surface area contributed by atoms with Crippen LogP contribution in [0, 0.1) is 0 Å². The molecule has 0 fully saturated rings. The summed E-state index contributed by atoms with van der Waals surface area (Å²) in [5, 5.41) is 10.0. The SMILES string of the molecule is O=C(OCc1ccccc1)N(CCO)Cc1ccc(Cl)c(Cl)c1. The highest BCUT2D eigenvalue weighted by molar-refractivity contribution is 6.42. The van der Waals surface area contributed by atoms with Gasteiger partial charge in [0.2, 0.25) is 0 Å². The predicted octanol–water partition coefficient (Wildman–Crippen LogP) is 4.12. The number of hydrogen-bond acceptors (Lipinski definition) is 3. The molecular formula is C17H17Cl2NO3. The molecule has 0 saturated heterocycles. The lowest BCUT2D eigenvalue weighted by Gasteiger charge is -2.21. The van der Waals surface area contributed by atoms with E-state index in [0.717, 1.165) is 11.1 Å². The van der Waals surface area contributed by atoms with Crippen molar-refractivity contribution in [3.05, 3.63) is 69.7 Å². The van der Waals surface area contributed by atoms with Crippen molar-refractivity contribution < 1.29 is 14.6 Å². The third kappa shape index (κ3) is 5.43. The first-order chi connectivity index (χ1) is 11.1. The van der Waals surface area contributed by atoms with E-state index in [1.807, 2.05) is 30.3 Å². The van der Waals surface area contributed by atoms with Crippen LogP contribution in [0.1, 0.15) is 11.1 Å². The van der Waals surface area contributed by atoms with Gasteiger partial charge in [-0.1, -0.05) is 59.6 Å². The van der Waals surface area contributed by atoms with Gasteiger partial charge in [-0.3, -0.25) is 0 Å². The highest BCUT2D eigenvalue weighted by Crippen LogP contribution is 2.23. The van der Waals surface area contributed by atoms with Crippen molar-refractivity contribution in [3.63, 3.8) is 0 Å². The zero-order chi connectivity index (χ0) is 16.7. The maximum Gasteiger partial charge on any atom is 0.410 e. The maximum atomic E-state index is 12.2. The second-order valence-corrected chi connectivity index (χ2v) is 5.75. The van der Waals surface area contributed by atoms with Crippen molar-refractivity contribution in [2.75, 3.05) is 13.2 Å². The normalized spacial score (nSPS) is 10.4. The minimum absolute atomic E-state index is 0.151. The third-order valence-electron chi connectivity index (χ3n) is 3.19. The number of aliphatic hydroxyl groups is 1. The molecule has 23 heavy (non-hydrogen) atoms. The average molecular weight is 354 g/mol. The lowest BCUT2D eigenvalue weighted by molar-refractivity contribution is 0.0859.